The first-order valence-electron chi connectivity index (χ1n) is 8.01. The molecule has 0 bridgehead atoms. The Hall–Kier alpha value is -2.12. The SMILES string of the molecule is Cn1cc(S(=O)(=O)N2CCCCC2)cc1C(=O)Nc1ccccc1. The number of rotatable bonds is 4. The van der Waals surface area contributed by atoms with Crippen molar-refractivity contribution in [3.05, 3.63) is 48.3 Å². The fourth-order valence-electron chi connectivity index (χ4n) is 2.87. The van der Waals surface area contributed by atoms with E-state index in [1.807, 2.05) is 18.2 Å². The van der Waals surface area contributed by atoms with Crippen molar-refractivity contribution in [2.75, 3.05) is 18.4 Å². The van der Waals surface area contributed by atoms with Crippen LogP contribution in [-0.2, 0) is 17.1 Å². The van der Waals surface area contributed by atoms with Gasteiger partial charge in [0, 0.05) is 32.0 Å². The van der Waals surface area contributed by atoms with Gasteiger partial charge in [-0.1, -0.05) is 24.6 Å². The highest BCUT2D eigenvalue weighted by Gasteiger charge is 2.28. The van der Waals surface area contributed by atoms with E-state index in [-0.39, 0.29) is 10.8 Å². The summed E-state index contributed by atoms with van der Waals surface area (Å²) in [5.41, 5.74) is 0.985. The number of nitrogens with one attached hydrogen (secondary N) is 1. The van der Waals surface area contributed by atoms with Gasteiger partial charge in [-0.3, -0.25) is 4.79 Å². The minimum absolute atomic E-state index is 0.171. The lowest BCUT2D eigenvalue weighted by Crippen LogP contribution is -2.35. The number of nitrogens with zero attached hydrogens (tertiary/aromatic N) is 2. The molecule has 1 aromatic carbocycles. The van der Waals surface area contributed by atoms with Crippen LogP contribution in [0.1, 0.15) is 29.8 Å². The smallest absolute Gasteiger partial charge is 0.272 e. The second kappa shape index (κ2) is 6.78. The summed E-state index contributed by atoms with van der Waals surface area (Å²) >= 11 is 0. The number of piperidine rings is 1. The number of benzene rings is 1. The van der Waals surface area contributed by atoms with Gasteiger partial charge in [-0.2, -0.15) is 4.31 Å². The molecule has 3 rings (SSSR count). The fourth-order valence-corrected chi connectivity index (χ4v) is 4.46. The summed E-state index contributed by atoms with van der Waals surface area (Å²) in [6, 6.07) is 10.5. The predicted octanol–water partition coefficient (Wildman–Crippen LogP) is 2.45. The van der Waals surface area contributed by atoms with Crippen molar-refractivity contribution in [3.8, 4) is 0 Å². The Labute approximate surface area is 142 Å². The summed E-state index contributed by atoms with van der Waals surface area (Å²) in [4.78, 5) is 12.6. The van der Waals surface area contributed by atoms with Gasteiger partial charge < -0.3 is 9.88 Å². The summed E-state index contributed by atoms with van der Waals surface area (Å²) in [7, 11) is -1.86. The Bertz CT molecular complexity index is 822. The summed E-state index contributed by atoms with van der Waals surface area (Å²) < 4.78 is 28.5. The van der Waals surface area contributed by atoms with Crippen molar-refractivity contribution < 1.29 is 13.2 Å². The molecule has 1 saturated heterocycles. The molecule has 1 fully saturated rings. The lowest BCUT2D eigenvalue weighted by Gasteiger charge is -2.25. The molecule has 1 aliphatic rings. The van der Waals surface area contributed by atoms with Crippen molar-refractivity contribution >= 4 is 21.6 Å². The Morgan fingerprint density at radius 3 is 2.42 bits per heavy atom. The van der Waals surface area contributed by atoms with Crippen LogP contribution in [0.15, 0.2) is 47.5 Å². The van der Waals surface area contributed by atoms with Crippen LogP contribution in [0.4, 0.5) is 5.69 Å². The highest BCUT2D eigenvalue weighted by molar-refractivity contribution is 7.89. The van der Waals surface area contributed by atoms with Gasteiger partial charge in [-0.05, 0) is 31.0 Å². The molecule has 0 saturated carbocycles. The first-order chi connectivity index (χ1) is 11.5. The quantitative estimate of drug-likeness (QED) is 0.923. The largest absolute Gasteiger partial charge is 0.345 e. The molecule has 1 aliphatic heterocycles. The maximum absolute atomic E-state index is 12.7. The van der Waals surface area contributed by atoms with Crippen molar-refractivity contribution in [2.45, 2.75) is 24.2 Å². The maximum Gasteiger partial charge on any atom is 0.272 e. The molecular weight excluding hydrogens is 326 g/mol. The molecule has 1 N–H and O–H groups in total. The second-order valence-corrected chi connectivity index (χ2v) is 7.89. The molecular formula is C17H21N3O3S. The highest BCUT2D eigenvalue weighted by Crippen LogP contribution is 2.22. The number of hydrogen-bond acceptors (Lipinski definition) is 3. The number of hydrogen-bond donors (Lipinski definition) is 1. The predicted molar refractivity (Wildman–Crippen MR) is 92.4 cm³/mol. The summed E-state index contributed by atoms with van der Waals surface area (Å²) in [6.07, 6.45) is 4.33. The zero-order valence-electron chi connectivity index (χ0n) is 13.6. The Morgan fingerprint density at radius 2 is 1.75 bits per heavy atom. The zero-order chi connectivity index (χ0) is 17.2. The van der Waals surface area contributed by atoms with Gasteiger partial charge in [0.1, 0.15) is 10.6 Å². The molecule has 0 unspecified atom stereocenters. The topological polar surface area (TPSA) is 71.4 Å². The first-order valence-corrected chi connectivity index (χ1v) is 9.45. The first kappa shape index (κ1) is 16.7. The zero-order valence-corrected chi connectivity index (χ0v) is 14.4. The lowest BCUT2D eigenvalue weighted by molar-refractivity contribution is 0.101. The van der Waals surface area contributed by atoms with Gasteiger partial charge in [0.25, 0.3) is 5.91 Å². The molecule has 7 heteroatoms. The van der Waals surface area contributed by atoms with E-state index in [2.05, 4.69) is 5.32 Å². The van der Waals surface area contributed by atoms with E-state index in [0.717, 1.165) is 19.3 Å². The van der Waals surface area contributed by atoms with Crippen LogP contribution in [0.25, 0.3) is 0 Å². The summed E-state index contributed by atoms with van der Waals surface area (Å²) in [5, 5.41) is 2.78. The van der Waals surface area contributed by atoms with E-state index in [0.29, 0.717) is 24.5 Å². The van der Waals surface area contributed by atoms with Gasteiger partial charge in [0.05, 0.1) is 0 Å². The molecule has 1 amide bonds. The monoisotopic (exact) mass is 347 g/mol. The van der Waals surface area contributed by atoms with E-state index in [4.69, 9.17) is 0 Å². The van der Waals surface area contributed by atoms with Crippen LogP contribution in [0.3, 0.4) is 0 Å². The second-order valence-electron chi connectivity index (χ2n) is 5.96. The minimum atomic E-state index is -3.54. The third-order valence-electron chi connectivity index (χ3n) is 4.20. The number of amides is 1. The van der Waals surface area contributed by atoms with Gasteiger partial charge in [-0.25, -0.2) is 8.42 Å². The molecule has 0 spiro atoms. The van der Waals surface area contributed by atoms with E-state index in [1.165, 1.54) is 16.6 Å². The van der Waals surface area contributed by atoms with E-state index in [9.17, 15) is 13.2 Å². The number of anilines is 1. The summed E-state index contributed by atoms with van der Waals surface area (Å²) in [5.74, 6) is -0.330. The third-order valence-corrected chi connectivity index (χ3v) is 6.06. The molecule has 1 aromatic heterocycles. The molecule has 24 heavy (non-hydrogen) atoms. The van der Waals surface area contributed by atoms with Crippen LogP contribution < -0.4 is 5.32 Å². The molecule has 2 aromatic rings. The average molecular weight is 347 g/mol. The number of para-hydroxylation sites is 1. The normalized spacial score (nSPS) is 16.0. The Morgan fingerprint density at radius 1 is 1.08 bits per heavy atom. The lowest BCUT2D eigenvalue weighted by atomic mass is 10.2. The molecule has 0 atom stereocenters. The fraction of sp³-hybridized carbons (Fsp3) is 0.353. The van der Waals surface area contributed by atoms with Gasteiger partial charge in [0.15, 0.2) is 0 Å². The van der Waals surface area contributed by atoms with E-state index >= 15 is 0 Å². The Balaban J connectivity index is 1.83. The van der Waals surface area contributed by atoms with Crippen molar-refractivity contribution in [1.29, 1.82) is 0 Å². The summed E-state index contributed by atoms with van der Waals surface area (Å²) in [6.45, 7) is 1.09. The maximum atomic E-state index is 12.7. The Kier molecular flexibility index (Phi) is 4.73. The number of aryl methyl sites for hydroxylation is 1. The van der Waals surface area contributed by atoms with E-state index < -0.39 is 10.0 Å². The average Bonchev–Trinajstić information content (AvgIpc) is 2.99. The van der Waals surface area contributed by atoms with Crippen molar-refractivity contribution in [3.63, 3.8) is 0 Å². The molecule has 2 heterocycles. The van der Waals surface area contributed by atoms with Crippen molar-refractivity contribution in [2.24, 2.45) is 7.05 Å². The number of sulfonamides is 1. The van der Waals surface area contributed by atoms with Crippen LogP contribution in [-0.4, -0.2) is 36.3 Å². The standard InChI is InChI=1S/C17H21N3O3S/c1-19-13-15(24(22,23)20-10-6-3-7-11-20)12-16(19)17(21)18-14-8-4-2-5-9-14/h2,4-5,8-9,12-13H,3,6-7,10-11H2,1H3,(H,18,21). The number of carbonyl (C=O) groups excluding carboxylic acids is 1. The van der Waals surface area contributed by atoms with Gasteiger partial charge in [-0.15, -0.1) is 0 Å². The van der Waals surface area contributed by atoms with Gasteiger partial charge >= 0.3 is 0 Å². The third kappa shape index (κ3) is 3.37. The van der Waals surface area contributed by atoms with Crippen LogP contribution in [0, 0.1) is 0 Å². The van der Waals surface area contributed by atoms with E-state index in [1.54, 1.807) is 23.7 Å². The molecule has 128 valence electrons. The molecule has 6 nitrogen and oxygen atoms in total. The van der Waals surface area contributed by atoms with Gasteiger partial charge in [0.2, 0.25) is 10.0 Å². The number of carbonyl (C=O) groups is 1. The molecule has 0 radical (unpaired) electrons. The van der Waals surface area contributed by atoms with Crippen LogP contribution in [0.2, 0.25) is 0 Å². The number of aromatic nitrogens is 1. The van der Waals surface area contributed by atoms with Crippen molar-refractivity contribution in [1.82, 2.24) is 8.87 Å². The van der Waals surface area contributed by atoms with Crippen LogP contribution >= 0.6 is 0 Å². The molecule has 0 aliphatic carbocycles. The minimum Gasteiger partial charge on any atom is -0.345 e. The van der Waals surface area contributed by atoms with Crippen LogP contribution in [0.5, 0.6) is 0 Å². The highest BCUT2D eigenvalue weighted by atomic mass is 32.2.